The summed E-state index contributed by atoms with van der Waals surface area (Å²) < 4.78 is 10.5. The van der Waals surface area contributed by atoms with E-state index in [1.54, 1.807) is 11.3 Å². The normalized spacial score (nSPS) is 11.2. The maximum absolute atomic E-state index is 10.0. The molecule has 16 nitrogen and oxygen atoms in total. The molecule has 143 heavy (non-hydrogen) atoms. The van der Waals surface area contributed by atoms with E-state index in [0.29, 0.717) is 0 Å². The van der Waals surface area contributed by atoms with Gasteiger partial charge in [-0.15, -0.1) is 107 Å². The summed E-state index contributed by atoms with van der Waals surface area (Å²) in [5.41, 5.74) is 22.1. The molecule has 4 radical (unpaired) electrons. The fourth-order valence-electron chi connectivity index (χ4n) is 17.2. The third-order valence-corrected chi connectivity index (χ3v) is 23.9. The third-order valence-electron chi connectivity index (χ3n) is 22.8. The fraction of sp³-hybridized carbons (Fsp3) is 0.0820. The second kappa shape index (κ2) is 49.9. The molecule has 0 aliphatic carbocycles. The van der Waals surface area contributed by atoms with Crippen molar-refractivity contribution in [2.45, 2.75) is 68.9 Å². The number of benzene rings is 15. The molecular weight excluding hydrogens is 2510 g/mol. The number of thiazole rings is 1. The van der Waals surface area contributed by atoms with Crippen molar-refractivity contribution in [3.05, 3.63) is 442 Å². The van der Waals surface area contributed by atoms with E-state index in [-0.39, 0.29) is 127 Å². The number of fused-ring (bicyclic) bond motifs is 16. The quantitative estimate of drug-likeness (QED) is 0.0510. The van der Waals surface area contributed by atoms with E-state index in [4.69, 9.17) is 35.4 Å². The maximum atomic E-state index is 10.0. The van der Waals surface area contributed by atoms with Crippen molar-refractivity contribution in [3.8, 4) is 61.4 Å². The molecule has 0 aliphatic heterocycles. The average molecular weight is 2610 g/mol. The van der Waals surface area contributed by atoms with E-state index >= 15 is 0 Å². The maximum Gasteiger partial charge on any atom is 0.155 e. The van der Waals surface area contributed by atoms with E-state index in [9.17, 15) is 19.2 Å². The van der Waals surface area contributed by atoms with E-state index in [1.807, 2.05) is 48.8 Å². The van der Waals surface area contributed by atoms with Crippen LogP contribution in [0.1, 0.15) is 62.3 Å². The molecule has 15 aromatic carbocycles. The number of rotatable bonds is 12. The molecule has 0 aliphatic rings. The average Bonchev–Trinajstić information content (AvgIpc) is 1.60. The Morgan fingerprint density at radius 2 is 0.636 bits per heavy atom. The van der Waals surface area contributed by atoms with E-state index in [1.165, 1.54) is 177 Å². The first-order valence-electron chi connectivity index (χ1n) is 45.4. The molecule has 0 amide bonds. The number of pyridine rings is 3. The summed E-state index contributed by atoms with van der Waals surface area (Å²) in [6.45, 7) is 14.5. The SMILES string of the molecule is CC(=O)C=C(C)O.CC(=O)C=C(C)O.CC(=O)C=C(C)O.CC(=O)C=C(C)O.CCn1c2c[c-]c(-c3nc4ccccc4s3)cc2c2ccccc21.[Ir].[Ir].[Ir].[Ir].[c-]1cc(-n2c3ccccc3c3ccccc32)ccc1-c1ccc2ccccc2n1.[c-]1cc(-n2c3ccccc3c3ccccc32)ccc1-c1nccc2ccccc12.[c-]1cc2c(cc1-c1nccc3ccccc13)c1ccccc1n2-c1ccccc1. The standard InChI is InChI=1S/3C27H17N2.C21H15N2S.4C5H8O2.4Ir/c1-4-10-24-19(7-1)15-18-25(28-24)20-13-16-21(17-14-20)29-26-11-5-2-8-22(26)23-9-3-6-12-27(23)29;1-2-8-22-19(7-1)17-18-28-27(22)20-13-15-21(16-14-20)29-25-11-5-3-9-23(25)24-10-4-6-12-26(24)29;1-2-9-21(10-3-1)29-25-13-7-6-12-23(25)24-18-20(14-15-26(24)29)27-22-11-5-4-8-19(22)16-17-28-27;1-2-23-18-9-5-3-7-15(18)16-13-14(11-12-19(16)23)21-22-17-8-4-6-10-20(17)24-21;4*1-4(6)3-5(2)7;;;;/h3*1-13,15-18H;3-10,12-13H,2H2,1H3;4*3,6H,1-2H3;;;;/q4*-1;;;;;;;;. The molecule has 0 saturated carbocycles. The molecular formula is C122H98Ir4N8O8S-4. The second-order valence-electron chi connectivity index (χ2n) is 33.1. The molecule has 23 rings (SSSR count). The zero-order valence-corrected chi connectivity index (χ0v) is 89.9. The number of nitrogens with zero attached hydrogens (tertiary/aromatic N) is 8. The zero-order valence-electron chi connectivity index (χ0n) is 79.5. The van der Waals surface area contributed by atoms with Gasteiger partial charge in [0.25, 0.3) is 0 Å². The first kappa shape index (κ1) is 107. The predicted molar refractivity (Wildman–Crippen MR) is 572 cm³/mol. The minimum Gasteiger partial charge on any atom is -0.512 e. The van der Waals surface area contributed by atoms with Crippen LogP contribution in [-0.4, -0.2) is 81.8 Å². The molecule has 21 heteroatoms. The number of hydrogen-bond donors (Lipinski definition) is 4. The van der Waals surface area contributed by atoms with Crippen LogP contribution in [0.15, 0.2) is 418 Å². The number of allylic oxidation sites excluding steroid dienone is 8. The number of aliphatic hydroxyl groups excluding tert-OH is 4. The third kappa shape index (κ3) is 25.3. The van der Waals surface area contributed by atoms with Crippen LogP contribution >= 0.6 is 11.3 Å². The summed E-state index contributed by atoms with van der Waals surface area (Å²) in [4.78, 5) is 59.0. The van der Waals surface area contributed by atoms with Crippen LogP contribution in [-0.2, 0) is 106 Å². The monoisotopic (exact) mass is 2610 g/mol. The molecule has 0 unspecified atom stereocenters. The Hall–Kier alpha value is -14.9. The minimum atomic E-state index is -0.125. The van der Waals surface area contributed by atoms with Crippen LogP contribution in [0.5, 0.6) is 0 Å². The van der Waals surface area contributed by atoms with Gasteiger partial charge in [-0.2, -0.15) is 11.3 Å². The summed E-state index contributed by atoms with van der Waals surface area (Å²) >= 11 is 1.73. The summed E-state index contributed by atoms with van der Waals surface area (Å²) in [6.07, 6.45) is 8.41. The molecule has 8 heterocycles. The molecule has 0 spiro atoms. The smallest absolute Gasteiger partial charge is 0.155 e. The Labute approximate surface area is 886 Å². The molecule has 4 N–H and O–H groups in total. The van der Waals surface area contributed by atoms with Gasteiger partial charge in [0.2, 0.25) is 0 Å². The van der Waals surface area contributed by atoms with Gasteiger partial charge in [0.05, 0.1) is 34.1 Å². The van der Waals surface area contributed by atoms with Crippen molar-refractivity contribution in [2.24, 2.45) is 0 Å². The number of aromatic nitrogens is 8. The summed E-state index contributed by atoms with van der Waals surface area (Å²) in [7, 11) is 0. The van der Waals surface area contributed by atoms with Crippen molar-refractivity contribution >= 4 is 164 Å². The van der Waals surface area contributed by atoms with Gasteiger partial charge in [0.1, 0.15) is 0 Å². The van der Waals surface area contributed by atoms with Crippen molar-refractivity contribution in [3.63, 3.8) is 0 Å². The van der Waals surface area contributed by atoms with Gasteiger partial charge in [-0.25, -0.2) is 0 Å². The van der Waals surface area contributed by atoms with Crippen LogP contribution in [0.4, 0.5) is 0 Å². The van der Waals surface area contributed by atoms with Crippen molar-refractivity contribution < 1.29 is 120 Å². The second-order valence-corrected chi connectivity index (χ2v) is 34.2. The zero-order chi connectivity index (χ0) is 97.2. The van der Waals surface area contributed by atoms with E-state index in [0.717, 1.165) is 101 Å². The Morgan fingerprint density at radius 1 is 0.294 bits per heavy atom. The predicted octanol–water partition coefficient (Wildman–Crippen LogP) is 30.4. The Bertz CT molecular complexity index is 8350. The number of para-hydroxylation sites is 9. The summed E-state index contributed by atoms with van der Waals surface area (Å²) in [6, 6.07) is 139. The Kier molecular flexibility index (Phi) is 37.3. The summed E-state index contributed by atoms with van der Waals surface area (Å²) in [5.74, 6) is -0.250. The van der Waals surface area contributed by atoms with Gasteiger partial charge < -0.3 is 48.7 Å². The van der Waals surface area contributed by atoms with Gasteiger partial charge in [-0.1, -0.05) is 229 Å². The topological polar surface area (TPSA) is 220 Å². The van der Waals surface area contributed by atoms with Crippen molar-refractivity contribution in [1.82, 2.24) is 38.2 Å². The van der Waals surface area contributed by atoms with Gasteiger partial charge in [0.15, 0.2) is 23.1 Å². The van der Waals surface area contributed by atoms with E-state index in [2.05, 4.69) is 376 Å². The van der Waals surface area contributed by atoms with Crippen LogP contribution in [0.2, 0.25) is 0 Å². The molecule has 0 saturated heterocycles. The molecule has 23 aromatic rings. The number of aliphatic hydroxyl groups is 4. The van der Waals surface area contributed by atoms with Crippen LogP contribution < -0.4 is 0 Å². The largest absolute Gasteiger partial charge is 0.512 e. The molecule has 0 fully saturated rings. The number of aryl methyl sites for hydroxylation is 1. The van der Waals surface area contributed by atoms with Crippen LogP contribution in [0.25, 0.3) is 191 Å². The first-order valence-corrected chi connectivity index (χ1v) is 46.2. The Morgan fingerprint density at radius 3 is 1.06 bits per heavy atom. The van der Waals surface area contributed by atoms with Gasteiger partial charge in [-0.3, -0.25) is 29.1 Å². The van der Waals surface area contributed by atoms with Crippen molar-refractivity contribution in [2.75, 3.05) is 0 Å². The number of ketones is 4. The minimum absolute atomic E-state index is 0. The molecule has 8 aromatic heterocycles. The number of carbonyl (C=O) groups is 4. The fourth-order valence-corrected chi connectivity index (χ4v) is 18.2. The summed E-state index contributed by atoms with van der Waals surface area (Å²) in [5, 5.41) is 50.4. The van der Waals surface area contributed by atoms with Gasteiger partial charge in [0, 0.05) is 194 Å². The molecule has 0 bridgehead atoms. The first-order chi connectivity index (χ1) is 67.5. The van der Waals surface area contributed by atoms with Crippen LogP contribution in [0.3, 0.4) is 0 Å². The number of carbonyl (C=O) groups excluding carboxylic acids is 4. The molecule has 720 valence electrons. The molecule has 0 atom stereocenters. The van der Waals surface area contributed by atoms with E-state index < -0.39 is 0 Å². The Balaban J connectivity index is 0.000000155. The van der Waals surface area contributed by atoms with Crippen molar-refractivity contribution in [1.29, 1.82) is 0 Å². The van der Waals surface area contributed by atoms with Gasteiger partial charge >= 0.3 is 0 Å². The number of hydrogen-bond acceptors (Lipinski definition) is 13. The van der Waals surface area contributed by atoms with Crippen LogP contribution in [0, 0.1) is 24.3 Å². The van der Waals surface area contributed by atoms with Gasteiger partial charge in [-0.05, 0) is 218 Å².